The van der Waals surface area contributed by atoms with Crippen LogP contribution in [0, 0.1) is 0 Å². The molecule has 0 aromatic rings. The second-order valence-electron chi connectivity index (χ2n) is 4.44. The van der Waals surface area contributed by atoms with Gasteiger partial charge in [-0.25, -0.2) is 5.43 Å². The maximum atomic E-state index is 11.5. The highest BCUT2D eigenvalue weighted by atomic mass is 16.2. The zero-order valence-electron chi connectivity index (χ0n) is 9.25. The summed E-state index contributed by atoms with van der Waals surface area (Å²) in [5, 5.41) is 3.59. The van der Waals surface area contributed by atoms with E-state index in [1.807, 2.05) is 0 Å². The number of nitrogens with one attached hydrogen (secondary N) is 2. The molecule has 15 heavy (non-hydrogen) atoms. The van der Waals surface area contributed by atoms with E-state index in [4.69, 9.17) is 0 Å². The summed E-state index contributed by atoms with van der Waals surface area (Å²) in [6.45, 7) is 6.67. The van der Waals surface area contributed by atoms with Gasteiger partial charge in [0.25, 0.3) is 5.78 Å². The lowest BCUT2D eigenvalue weighted by Gasteiger charge is -2.30. The standard InChI is InChI=1S/C9H15N3O3/c1-5(13)10-7-6(14)8(15)12(11-7)9(2,3)4/h7,11H,1-4H3,(H,10,13). The molecule has 6 heteroatoms. The third-order valence-corrected chi connectivity index (χ3v) is 1.95. The van der Waals surface area contributed by atoms with Crippen molar-refractivity contribution < 1.29 is 14.4 Å². The van der Waals surface area contributed by atoms with Crippen molar-refractivity contribution in [3.8, 4) is 0 Å². The van der Waals surface area contributed by atoms with Crippen LogP contribution in [0.3, 0.4) is 0 Å². The number of nitrogens with zero attached hydrogens (tertiary/aromatic N) is 1. The first kappa shape index (κ1) is 11.6. The summed E-state index contributed by atoms with van der Waals surface area (Å²) >= 11 is 0. The largest absolute Gasteiger partial charge is 0.333 e. The summed E-state index contributed by atoms with van der Waals surface area (Å²) in [7, 11) is 0. The monoisotopic (exact) mass is 213 g/mol. The molecule has 6 nitrogen and oxygen atoms in total. The van der Waals surface area contributed by atoms with Gasteiger partial charge in [0, 0.05) is 6.92 Å². The van der Waals surface area contributed by atoms with Crippen molar-refractivity contribution in [2.24, 2.45) is 0 Å². The zero-order valence-corrected chi connectivity index (χ0v) is 9.25. The zero-order chi connectivity index (χ0) is 11.8. The Hall–Kier alpha value is -1.43. The van der Waals surface area contributed by atoms with Crippen molar-refractivity contribution >= 4 is 17.6 Å². The van der Waals surface area contributed by atoms with Crippen molar-refractivity contribution in [3.05, 3.63) is 0 Å². The number of carbonyl (C=O) groups excluding carboxylic acids is 3. The van der Waals surface area contributed by atoms with Gasteiger partial charge in [-0.3, -0.25) is 19.4 Å². The van der Waals surface area contributed by atoms with Gasteiger partial charge in [-0.1, -0.05) is 0 Å². The van der Waals surface area contributed by atoms with E-state index in [9.17, 15) is 14.4 Å². The fourth-order valence-corrected chi connectivity index (χ4v) is 1.28. The minimum Gasteiger partial charge on any atom is -0.333 e. The molecule has 0 radical (unpaired) electrons. The molecule has 0 bridgehead atoms. The van der Waals surface area contributed by atoms with Gasteiger partial charge in [0.1, 0.15) is 0 Å². The highest BCUT2D eigenvalue weighted by Crippen LogP contribution is 2.15. The molecule has 0 aromatic heterocycles. The average Bonchev–Trinajstić information content (AvgIpc) is 2.30. The maximum absolute atomic E-state index is 11.5. The van der Waals surface area contributed by atoms with Crippen LogP contribution in [0.5, 0.6) is 0 Å². The molecular weight excluding hydrogens is 198 g/mol. The maximum Gasteiger partial charge on any atom is 0.308 e. The van der Waals surface area contributed by atoms with Crippen molar-refractivity contribution in [3.63, 3.8) is 0 Å². The molecule has 0 spiro atoms. The highest BCUT2D eigenvalue weighted by Gasteiger charge is 2.43. The SMILES string of the molecule is CC(=O)NC1NN(C(C)(C)C)C(=O)C1=O. The van der Waals surface area contributed by atoms with Gasteiger partial charge < -0.3 is 5.32 Å². The molecule has 0 aliphatic carbocycles. The number of hydrogen-bond donors (Lipinski definition) is 2. The first-order valence-corrected chi connectivity index (χ1v) is 4.65. The fraction of sp³-hybridized carbons (Fsp3) is 0.667. The number of ketones is 1. The Labute approximate surface area is 88.0 Å². The summed E-state index contributed by atoms with van der Waals surface area (Å²) in [4.78, 5) is 33.7. The smallest absolute Gasteiger partial charge is 0.308 e. The Morgan fingerprint density at radius 3 is 2.27 bits per heavy atom. The molecule has 2 amide bonds. The molecule has 1 aliphatic rings. The van der Waals surface area contributed by atoms with E-state index in [0.29, 0.717) is 0 Å². The van der Waals surface area contributed by atoms with Crippen LogP contribution in [-0.2, 0) is 14.4 Å². The molecule has 1 fully saturated rings. The Kier molecular flexibility index (Phi) is 2.81. The van der Waals surface area contributed by atoms with E-state index in [2.05, 4.69) is 10.7 Å². The third kappa shape index (κ3) is 2.33. The number of hydrazine groups is 1. The highest BCUT2D eigenvalue weighted by molar-refractivity contribution is 6.39. The van der Waals surface area contributed by atoms with Crippen molar-refractivity contribution in [2.75, 3.05) is 0 Å². The Morgan fingerprint density at radius 2 is 1.93 bits per heavy atom. The van der Waals surface area contributed by atoms with Gasteiger partial charge in [-0.05, 0) is 20.8 Å². The number of rotatable bonds is 1. The van der Waals surface area contributed by atoms with E-state index in [0.717, 1.165) is 0 Å². The number of amides is 2. The second-order valence-corrected chi connectivity index (χ2v) is 4.44. The molecule has 1 unspecified atom stereocenters. The van der Waals surface area contributed by atoms with E-state index in [1.165, 1.54) is 11.9 Å². The second kappa shape index (κ2) is 3.62. The molecule has 0 aromatic carbocycles. The molecule has 2 N–H and O–H groups in total. The van der Waals surface area contributed by atoms with Crippen molar-refractivity contribution in [2.45, 2.75) is 39.4 Å². The first-order chi connectivity index (χ1) is 6.73. The van der Waals surface area contributed by atoms with Crippen LogP contribution in [-0.4, -0.2) is 34.3 Å². The molecule has 1 atom stereocenters. The summed E-state index contributed by atoms with van der Waals surface area (Å²) in [6.07, 6.45) is -0.936. The predicted molar refractivity (Wildman–Crippen MR) is 52.3 cm³/mol. The number of carbonyl (C=O) groups is 3. The Balaban J connectivity index is 2.81. The van der Waals surface area contributed by atoms with Gasteiger partial charge in [-0.2, -0.15) is 0 Å². The van der Waals surface area contributed by atoms with Crippen LogP contribution in [0.2, 0.25) is 0 Å². The van der Waals surface area contributed by atoms with Gasteiger partial charge >= 0.3 is 5.91 Å². The molecule has 1 heterocycles. The van der Waals surface area contributed by atoms with E-state index in [1.54, 1.807) is 20.8 Å². The van der Waals surface area contributed by atoms with Gasteiger partial charge in [0.15, 0.2) is 6.17 Å². The molecule has 1 rings (SSSR count). The minimum absolute atomic E-state index is 0.357. The third-order valence-electron chi connectivity index (χ3n) is 1.95. The van der Waals surface area contributed by atoms with Gasteiger partial charge in [0.2, 0.25) is 5.91 Å². The number of hydrogen-bond acceptors (Lipinski definition) is 4. The quantitative estimate of drug-likeness (QED) is 0.557. The van der Waals surface area contributed by atoms with E-state index in [-0.39, 0.29) is 5.91 Å². The molecule has 0 saturated carbocycles. The minimum atomic E-state index is -0.936. The van der Waals surface area contributed by atoms with Crippen molar-refractivity contribution in [1.29, 1.82) is 0 Å². The molecule has 84 valence electrons. The molecule has 1 saturated heterocycles. The van der Waals surface area contributed by atoms with Crippen LogP contribution < -0.4 is 10.7 Å². The fourth-order valence-electron chi connectivity index (χ4n) is 1.28. The van der Waals surface area contributed by atoms with Crippen molar-refractivity contribution in [1.82, 2.24) is 15.8 Å². The summed E-state index contributed by atoms with van der Waals surface area (Å²) in [6, 6.07) is 0. The van der Waals surface area contributed by atoms with E-state index < -0.39 is 23.4 Å². The lowest BCUT2D eigenvalue weighted by molar-refractivity contribution is -0.143. The van der Waals surface area contributed by atoms with Crippen LogP contribution >= 0.6 is 0 Å². The average molecular weight is 213 g/mol. The lowest BCUT2D eigenvalue weighted by Crippen LogP contribution is -2.53. The molecular formula is C9H15N3O3. The normalized spacial score (nSPS) is 22.1. The van der Waals surface area contributed by atoms with E-state index >= 15 is 0 Å². The van der Waals surface area contributed by atoms with Crippen LogP contribution in [0.25, 0.3) is 0 Å². The Bertz CT molecular complexity index is 319. The summed E-state index contributed by atoms with van der Waals surface area (Å²) in [5.74, 6) is -1.62. The lowest BCUT2D eigenvalue weighted by atomic mass is 10.1. The summed E-state index contributed by atoms with van der Waals surface area (Å²) < 4.78 is 0. The van der Waals surface area contributed by atoms with Gasteiger partial charge in [-0.15, -0.1) is 0 Å². The first-order valence-electron chi connectivity index (χ1n) is 4.65. The van der Waals surface area contributed by atoms with Crippen LogP contribution in [0.1, 0.15) is 27.7 Å². The van der Waals surface area contributed by atoms with Crippen LogP contribution in [0.4, 0.5) is 0 Å². The molecule has 1 aliphatic heterocycles. The van der Waals surface area contributed by atoms with Gasteiger partial charge in [0.05, 0.1) is 5.54 Å². The Morgan fingerprint density at radius 1 is 1.40 bits per heavy atom. The summed E-state index contributed by atoms with van der Waals surface area (Å²) in [5.41, 5.74) is 2.16. The number of Topliss-reactive ketones (excluding diaryl/α,β-unsaturated/α-hetero) is 1. The topological polar surface area (TPSA) is 78.5 Å². The van der Waals surface area contributed by atoms with Crippen LogP contribution in [0.15, 0.2) is 0 Å². The predicted octanol–water partition coefficient (Wildman–Crippen LogP) is -0.837.